The van der Waals surface area contributed by atoms with Crippen LogP contribution in [0.5, 0.6) is 0 Å². The van der Waals surface area contributed by atoms with Crippen LogP contribution in [0.1, 0.15) is 23.8 Å². The van der Waals surface area contributed by atoms with Gasteiger partial charge in [-0.3, -0.25) is 0 Å². The van der Waals surface area contributed by atoms with Crippen molar-refractivity contribution < 1.29 is 9.84 Å². The molecule has 0 aliphatic rings. The zero-order valence-corrected chi connectivity index (χ0v) is 8.44. The number of rotatable bonds is 5. The van der Waals surface area contributed by atoms with Crippen molar-refractivity contribution in [3.8, 4) is 0 Å². The molecule has 3 nitrogen and oxygen atoms in total. The number of aryl methyl sites for hydroxylation is 1. The zero-order chi connectivity index (χ0) is 10.4. The predicted octanol–water partition coefficient (Wildman–Crippen LogP) is 1.22. The SMILES string of the molecule is COCCCc1ccccc1C(N)O. The highest BCUT2D eigenvalue weighted by atomic mass is 16.5. The Hall–Kier alpha value is -0.900. The van der Waals surface area contributed by atoms with E-state index in [1.807, 2.05) is 24.3 Å². The lowest BCUT2D eigenvalue weighted by Gasteiger charge is -2.11. The van der Waals surface area contributed by atoms with Gasteiger partial charge in [-0.25, -0.2) is 0 Å². The van der Waals surface area contributed by atoms with Gasteiger partial charge in [0.25, 0.3) is 0 Å². The summed E-state index contributed by atoms with van der Waals surface area (Å²) in [5.41, 5.74) is 7.35. The molecule has 0 aromatic heterocycles. The third-order valence-electron chi connectivity index (χ3n) is 2.17. The van der Waals surface area contributed by atoms with Crippen molar-refractivity contribution >= 4 is 0 Å². The maximum atomic E-state index is 9.31. The van der Waals surface area contributed by atoms with Gasteiger partial charge in [0.1, 0.15) is 6.23 Å². The molecule has 0 aliphatic carbocycles. The Morgan fingerprint density at radius 2 is 2.14 bits per heavy atom. The van der Waals surface area contributed by atoms with E-state index in [1.165, 1.54) is 0 Å². The van der Waals surface area contributed by atoms with Crippen molar-refractivity contribution in [2.75, 3.05) is 13.7 Å². The van der Waals surface area contributed by atoms with E-state index in [0.717, 1.165) is 30.6 Å². The van der Waals surface area contributed by atoms with Gasteiger partial charge >= 0.3 is 0 Å². The Kier molecular flexibility index (Phi) is 4.59. The molecule has 0 spiro atoms. The first-order chi connectivity index (χ1) is 6.75. The molecule has 78 valence electrons. The lowest BCUT2D eigenvalue weighted by molar-refractivity contribution is 0.183. The largest absolute Gasteiger partial charge is 0.385 e. The Balaban J connectivity index is 2.64. The number of hydrogen-bond acceptors (Lipinski definition) is 3. The minimum atomic E-state index is -0.881. The van der Waals surface area contributed by atoms with E-state index in [-0.39, 0.29) is 0 Å². The zero-order valence-electron chi connectivity index (χ0n) is 8.44. The van der Waals surface area contributed by atoms with Crippen LogP contribution in [0.25, 0.3) is 0 Å². The van der Waals surface area contributed by atoms with Crippen LogP contribution in [0.2, 0.25) is 0 Å². The van der Waals surface area contributed by atoms with Gasteiger partial charge < -0.3 is 15.6 Å². The van der Waals surface area contributed by atoms with Gasteiger partial charge in [-0.2, -0.15) is 0 Å². The van der Waals surface area contributed by atoms with Crippen molar-refractivity contribution in [3.05, 3.63) is 35.4 Å². The summed E-state index contributed by atoms with van der Waals surface area (Å²) in [6, 6.07) is 7.67. The van der Waals surface area contributed by atoms with E-state index in [0.29, 0.717) is 0 Å². The topological polar surface area (TPSA) is 55.5 Å². The van der Waals surface area contributed by atoms with Crippen LogP contribution in [0.3, 0.4) is 0 Å². The van der Waals surface area contributed by atoms with Crippen LogP contribution in [0, 0.1) is 0 Å². The maximum absolute atomic E-state index is 9.31. The lowest BCUT2D eigenvalue weighted by Crippen LogP contribution is -2.11. The first-order valence-corrected chi connectivity index (χ1v) is 4.76. The van der Waals surface area contributed by atoms with Crippen LogP contribution in [0.15, 0.2) is 24.3 Å². The lowest BCUT2D eigenvalue weighted by atomic mass is 10.0. The van der Waals surface area contributed by atoms with E-state index in [4.69, 9.17) is 10.5 Å². The average Bonchev–Trinajstić information content (AvgIpc) is 2.19. The maximum Gasteiger partial charge on any atom is 0.128 e. The fraction of sp³-hybridized carbons (Fsp3) is 0.455. The second-order valence-electron chi connectivity index (χ2n) is 3.24. The number of ether oxygens (including phenoxy) is 1. The van der Waals surface area contributed by atoms with Crippen LogP contribution in [-0.2, 0) is 11.2 Å². The molecule has 1 atom stereocenters. The van der Waals surface area contributed by atoms with Crippen molar-refractivity contribution in [1.29, 1.82) is 0 Å². The van der Waals surface area contributed by atoms with Crippen LogP contribution < -0.4 is 5.73 Å². The minimum absolute atomic E-state index is 0.731. The monoisotopic (exact) mass is 195 g/mol. The number of benzene rings is 1. The van der Waals surface area contributed by atoms with E-state index >= 15 is 0 Å². The Labute approximate surface area is 84.5 Å². The number of methoxy groups -OCH3 is 1. The summed E-state index contributed by atoms with van der Waals surface area (Å²) in [5.74, 6) is 0. The molecule has 14 heavy (non-hydrogen) atoms. The summed E-state index contributed by atoms with van der Waals surface area (Å²) < 4.78 is 4.97. The number of aliphatic hydroxyl groups is 1. The molecular formula is C11H17NO2. The van der Waals surface area contributed by atoms with Gasteiger partial charge in [0, 0.05) is 13.7 Å². The number of nitrogens with two attached hydrogens (primary N) is 1. The second-order valence-corrected chi connectivity index (χ2v) is 3.24. The standard InChI is InChI=1S/C11H17NO2/c1-14-8-4-6-9-5-2-3-7-10(9)11(12)13/h2-3,5,7,11,13H,4,6,8,12H2,1H3. The molecular weight excluding hydrogens is 178 g/mol. The van der Waals surface area contributed by atoms with Crippen molar-refractivity contribution in [2.24, 2.45) is 5.73 Å². The molecule has 0 saturated carbocycles. The summed E-state index contributed by atoms with van der Waals surface area (Å²) >= 11 is 0. The molecule has 3 heteroatoms. The van der Waals surface area contributed by atoms with Gasteiger partial charge in [0.2, 0.25) is 0 Å². The summed E-state index contributed by atoms with van der Waals surface area (Å²) in [5, 5.41) is 9.31. The van der Waals surface area contributed by atoms with Gasteiger partial charge in [-0.05, 0) is 24.0 Å². The summed E-state index contributed by atoms with van der Waals surface area (Å²) in [7, 11) is 1.68. The highest BCUT2D eigenvalue weighted by Gasteiger charge is 2.06. The summed E-state index contributed by atoms with van der Waals surface area (Å²) in [6.45, 7) is 0.731. The molecule has 0 radical (unpaired) electrons. The smallest absolute Gasteiger partial charge is 0.128 e. The number of hydrogen-bond donors (Lipinski definition) is 2. The first kappa shape index (κ1) is 11.2. The van der Waals surface area contributed by atoms with Crippen LogP contribution in [0.4, 0.5) is 0 Å². The molecule has 1 unspecified atom stereocenters. The molecule has 0 bridgehead atoms. The van der Waals surface area contributed by atoms with Gasteiger partial charge in [0.05, 0.1) is 0 Å². The molecule has 1 aromatic rings. The van der Waals surface area contributed by atoms with E-state index in [9.17, 15) is 5.11 Å². The van der Waals surface area contributed by atoms with Gasteiger partial charge in [-0.1, -0.05) is 24.3 Å². The van der Waals surface area contributed by atoms with E-state index < -0.39 is 6.23 Å². The Morgan fingerprint density at radius 1 is 1.43 bits per heavy atom. The molecule has 0 fully saturated rings. The Bertz CT molecular complexity index is 274. The van der Waals surface area contributed by atoms with E-state index in [2.05, 4.69) is 0 Å². The second kappa shape index (κ2) is 5.75. The third kappa shape index (κ3) is 3.10. The quantitative estimate of drug-likeness (QED) is 0.548. The molecule has 1 rings (SSSR count). The van der Waals surface area contributed by atoms with Gasteiger partial charge in [0.15, 0.2) is 0 Å². The van der Waals surface area contributed by atoms with Crippen molar-refractivity contribution in [2.45, 2.75) is 19.1 Å². The van der Waals surface area contributed by atoms with Crippen LogP contribution in [-0.4, -0.2) is 18.8 Å². The molecule has 0 heterocycles. The summed E-state index contributed by atoms with van der Waals surface area (Å²) in [4.78, 5) is 0. The molecule has 0 amide bonds. The number of aliphatic hydroxyl groups excluding tert-OH is 1. The van der Waals surface area contributed by atoms with E-state index in [1.54, 1.807) is 7.11 Å². The van der Waals surface area contributed by atoms with Gasteiger partial charge in [-0.15, -0.1) is 0 Å². The predicted molar refractivity (Wildman–Crippen MR) is 55.8 cm³/mol. The fourth-order valence-corrected chi connectivity index (χ4v) is 1.46. The Morgan fingerprint density at radius 3 is 2.79 bits per heavy atom. The van der Waals surface area contributed by atoms with Crippen molar-refractivity contribution in [3.63, 3.8) is 0 Å². The molecule has 0 saturated heterocycles. The normalized spacial score (nSPS) is 12.8. The average molecular weight is 195 g/mol. The van der Waals surface area contributed by atoms with Crippen LogP contribution >= 0.6 is 0 Å². The highest BCUT2D eigenvalue weighted by Crippen LogP contribution is 2.15. The molecule has 0 aliphatic heterocycles. The summed E-state index contributed by atoms with van der Waals surface area (Å²) in [6.07, 6.45) is 0.951. The first-order valence-electron chi connectivity index (χ1n) is 4.76. The van der Waals surface area contributed by atoms with Crippen molar-refractivity contribution in [1.82, 2.24) is 0 Å². The molecule has 1 aromatic carbocycles. The third-order valence-corrected chi connectivity index (χ3v) is 2.17. The molecule has 3 N–H and O–H groups in total. The fourth-order valence-electron chi connectivity index (χ4n) is 1.46. The highest BCUT2D eigenvalue weighted by molar-refractivity contribution is 5.28. The minimum Gasteiger partial charge on any atom is -0.385 e.